The lowest BCUT2D eigenvalue weighted by Gasteiger charge is -2.24. The molecular formula is C32H22N2S. The number of aromatic nitrogens is 2. The molecule has 0 bridgehead atoms. The van der Waals surface area contributed by atoms with Gasteiger partial charge in [-0.3, -0.25) is 0 Å². The molecule has 0 fully saturated rings. The van der Waals surface area contributed by atoms with Gasteiger partial charge in [0.2, 0.25) is 0 Å². The van der Waals surface area contributed by atoms with Crippen LogP contribution in [0, 0.1) is 0 Å². The Bertz CT molecular complexity index is 1990. The van der Waals surface area contributed by atoms with Crippen LogP contribution in [-0.2, 0) is 5.41 Å². The highest BCUT2D eigenvalue weighted by molar-refractivity contribution is 7.17. The van der Waals surface area contributed by atoms with E-state index in [9.17, 15) is 0 Å². The van der Waals surface area contributed by atoms with Crippen LogP contribution in [0.25, 0.3) is 59.6 Å². The van der Waals surface area contributed by atoms with Crippen LogP contribution >= 0.6 is 11.3 Å². The van der Waals surface area contributed by atoms with Crippen LogP contribution in [0.2, 0.25) is 0 Å². The Balaban J connectivity index is 1.71. The molecule has 0 atom stereocenters. The first-order valence-corrected chi connectivity index (χ1v) is 12.9. The summed E-state index contributed by atoms with van der Waals surface area (Å²) in [4.78, 5) is 4.62. The van der Waals surface area contributed by atoms with Crippen molar-refractivity contribution in [2.75, 3.05) is 0 Å². The second-order valence-corrected chi connectivity index (χ2v) is 10.9. The van der Waals surface area contributed by atoms with Gasteiger partial charge in [0, 0.05) is 21.6 Å². The molecule has 7 aromatic rings. The largest absolute Gasteiger partial charge is 0.307 e. The smallest absolute Gasteiger partial charge is 0.0833 e. The minimum Gasteiger partial charge on any atom is -0.307 e. The van der Waals surface area contributed by atoms with Crippen molar-refractivity contribution in [2.45, 2.75) is 19.3 Å². The molecule has 1 aliphatic carbocycles. The molecule has 0 saturated heterocycles. The summed E-state index contributed by atoms with van der Waals surface area (Å²) in [6.45, 7) is 4.76. The molecule has 0 spiro atoms. The van der Waals surface area contributed by atoms with Crippen molar-refractivity contribution >= 4 is 54.1 Å². The molecule has 35 heavy (non-hydrogen) atoms. The number of nitrogens with zero attached hydrogens (tertiary/aromatic N) is 2. The second-order valence-electron chi connectivity index (χ2n) is 10.0. The van der Waals surface area contributed by atoms with Gasteiger partial charge < -0.3 is 4.57 Å². The van der Waals surface area contributed by atoms with E-state index < -0.39 is 0 Å². The number of para-hydroxylation sites is 1. The molecule has 1 aliphatic rings. The van der Waals surface area contributed by atoms with Crippen molar-refractivity contribution in [1.82, 2.24) is 9.55 Å². The summed E-state index contributed by atoms with van der Waals surface area (Å²) in [5.74, 6) is 0. The van der Waals surface area contributed by atoms with Crippen LogP contribution in [0.15, 0.2) is 96.5 Å². The summed E-state index contributed by atoms with van der Waals surface area (Å²) >= 11 is 1.72. The SMILES string of the molecule is CC1(C)c2ccccc2-c2c1c1ccccc1c1c2c2ccccc2n1-c1cccc2ncsc12. The van der Waals surface area contributed by atoms with Crippen molar-refractivity contribution in [2.24, 2.45) is 0 Å². The molecule has 166 valence electrons. The van der Waals surface area contributed by atoms with Crippen molar-refractivity contribution in [1.29, 1.82) is 0 Å². The zero-order chi connectivity index (χ0) is 23.3. The van der Waals surface area contributed by atoms with E-state index in [1.165, 1.54) is 65.2 Å². The Morgan fingerprint density at radius 1 is 0.743 bits per heavy atom. The van der Waals surface area contributed by atoms with Crippen molar-refractivity contribution < 1.29 is 0 Å². The standard InChI is InChI=1S/C32H22N2S/c1-32(2)23-14-7-5-12-21(23)27-28-22-13-6-8-16-25(22)34(26-17-9-15-24-31(26)35-18-33-24)30(28)20-11-4-3-10-19(20)29(27)32/h3-18H,1-2H3. The molecule has 2 aromatic heterocycles. The summed E-state index contributed by atoms with van der Waals surface area (Å²) in [6.07, 6.45) is 0. The maximum absolute atomic E-state index is 4.62. The fourth-order valence-corrected chi connectivity index (χ4v) is 7.31. The summed E-state index contributed by atoms with van der Waals surface area (Å²) < 4.78 is 3.71. The van der Waals surface area contributed by atoms with Crippen LogP contribution in [-0.4, -0.2) is 9.55 Å². The lowest BCUT2D eigenvalue weighted by atomic mass is 9.79. The van der Waals surface area contributed by atoms with Gasteiger partial charge in [-0.1, -0.05) is 86.6 Å². The van der Waals surface area contributed by atoms with E-state index in [1.54, 1.807) is 11.3 Å². The maximum Gasteiger partial charge on any atom is 0.0833 e. The topological polar surface area (TPSA) is 17.8 Å². The number of rotatable bonds is 1. The highest BCUT2D eigenvalue weighted by Crippen LogP contribution is 2.56. The van der Waals surface area contributed by atoms with E-state index in [0.29, 0.717) is 0 Å². The highest BCUT2D eigenvalue weighted by atomic mass is 32.1. The van der Waals surface area contributed by atoms with Gasteiger partial charge in [0.05, 0.1) is 32.4 Å². The fourth-order valence-electron chi connectivity index (χ4n) is 6.51. The lowest BCUT2D eigenvalue weighted by Crippen LogP contribution is -2.15. The van der Waals surface area contributed by atoms with Gasteiger partial charge in [-0.15, -0.1) is 11.3 Å². The van der Waals surface area contributed by atoms with Crippen LogP contribution in [0.4, 0.5) is 0 Å². The highest BCUT2D eigenvalue weighted by Gasteiger charge is 2.39. The molecule has 5 aromatic carbocycles. The normalized spacial score (nSPS) is 14.2. The molecule has 0 N–H and O–H groups in total. The first-order chi connectivity index (χ1) is 17.2. The zero-order valence-electron chi connectivity index (χ0n) is 19.5. The molecule has 0 radical (unpaired) electrons. The Morgan fingerprint density at radius 3 is 2.37 bits per heavy atom. The Kier molecular flexibility index (Phi) is 3.64. The first kappa shape index (κ1) is 19.4. The molecular weight excluding hydrogens is 444 g/mol. The van der Waals surface area contributed by atoms with E-state index in [0.717, 1.165) is 5.52 Å². The maximum atomic E-state index is 4.62. The predicted octanol–water partition coefficient (Wildman–Crippen LogP) is 8.85. The van der Waals surface area contributed by atoms with Gasteiger partial charge in [-0.05, 0) is 45.8 Å². The number of hydrogen-bond donors (Lipinski definition) is 0. The molecule has 8 rings (SSSR count). The van der Waals surface area contributed by atoms with E-state index >= 15 is 0 Å². The first-order valence-electron chi connectivity index (χ1n) is 12.1. The molecule has 2 heterocycles. The molecule has 2 nitrogen and oxygen atoms in total. The number of fused-ring (bicyclic) bond motifs is 11. The minimum atomic E-state index is -0.0688. The van der Waals surface area contributed by atoms with Crippen molar-refractivity contribution in [3.05, 3.63) is 108 Å². The van der Waals surface area contributed by atoms with Crippen LogP contribution < -0.4 is 0 Å². The van der Waals surface area contributed by atoms with E-state index in [1.807, 2.05) is 5.51 Å². The van der Waals surface area contributed by atoms with E-state index in [-0.39, 0.29) is 5.41 Å². The third-order valence-electron chi connectivity index (χ3n) is 7.90. The Morgan fingerprint density at radius 2 is 1.49 bits per heavy atom. The fraction of sp³-hybridized carbons (Fsp3) is 0.0938. The zero-order valence-corrected chi connectivity index (χ0v) is 20.4. The minimum absolute atomic E-state index is 0.0688. The number of benzene rings is 5. The predicted molar refractivity (Wildman–Crippen MR) is 149 cm³/mol. The Labute approximate surface area is 207 Å². The Hall–Kier alpha value is -3.95. The summed E-state index contributed by atoms with van der Waals surface area (Å²) in [5.41, 5.74) is 12.3. The van der Waals surface area contributed by atoms with Gasteiger partial charge in [0.15, 0.2) is 0 Å². The van der Waals surface area contributed by atoms with E-state index in [4.69, 9.17) is 0 Å². The molecule has 3 heteroatoms. The van der Waals surface area contributed by atoms with Gasteiger partial charge in [-0.2, -0.15) is 0 Å². The summed E-state index contributed by atoms with van der Waals surface area (Å²) in [7, 11) is 0. The van der Waals surface area contributed by atoms with Crippen LogP contribution in [0.1, 0.15) is 25.0 Å². The van der Waals surface area contributed by atoms with Crippen molar-refractivity contribution in [3.63, 3.8) is 0 Å². The third-order valence-corrected chi connectivity index (χ3v) is 8.76. The van der Waals surface area contributed by atoms with Crippen molar-refractivity contribution in [3.8, 4) is 16.8 Å². The second kappa shape index (κ2) is 6.59. The van der Waals surface area contributed by atoms with Gasteiger partial charge in [0.1, 0.15) is 0 Å². The van der Waals surface area contributed by atoms with E-state index in [2.05, 4.69) is 114 Å². The van der Waals surface area contributed by atoms with Gasteiger partial charge in [-0.25, -0.2) is 4.98 Å². The monoisotopic (exact) mass is 466 g/mol. The molecule has 0 amide bonds. The summed E-state index contributed by atoms with van der Waals surface area (Å²) in [5, 5.41) is 5.31. The molecule has 0 saturated carbocycles. The number of hydrogen-bond acceptors (Lipinski definition) is 2. The van der Waals surface area contributed by atoms with Gasteiger partial charge >= 0.3 is 0 Å². The van der Waals surface area contributed by atoms with Crippen LogP contribution in [0.5, 0.6) is 0 Å². The van der Waals surface area contributed by atoms with Gasteiger partial charge in [0.25, 0.3) is 0 Å². The molecule has 0 unspecified atom stereocenters. The number of thiazole rings is 1. The average molecular weight is 467 g/mol. The van der Waals surface area contributed by atoms with Crippen LogP contribution in [0.3, 0.4) is 0 Å². The lowest BCUT2D eigenvalue weighted by molar-refractivity contribution is 0.666. The average Bonchev–Trinajstić information content (AvgIpc) is 3.56. The quantitative estimate of drug-likeness (QED) is 0.236. The molecule has 0 aliphatic heterocycles. The third kappa shape index (κ3) is 2.32. The summed E-state index contributed by atoms with van der Waals surface area (Å²) in [6, 6.07) is 33.3.